The molecule has 4 rings (SSSR count). The van der Waals surface area contributed by atoms with Crippen LogP contribution < -0.4 is 10.1 Å². The van der Waals surface area contributed by atoms with Crippen LogP contribution in [-0.2, 0) is 0 Å². The molecule has 190 valence electrons. The molecule has 1 aromatic carbocycles. The molecule has 1 aliphatic heterocycles. The Labute approximate surface area is 211 Å². The summed E-state index contributed by atoms with van der Waals surface area (Å²) in [5.74, 6) is 1.78. The molecule has 1 saturated heterocycles. The number of ether oxygens (including phenoxy) is 1. The fraction of sp³-hybridized carbons (Fsp3) is 0.393. The maximum absolute atomic E-state index is 13.0. The van der Waals surface area contributed by atoms with Crippen molar-refractivity contribution in [3.8, 4) is 5.75 Å². The van der Waals surface area contributed by atoms with Gasteiger partial charge < -0.3 is 29.8 Å². The molecular weight excluding hydrogens is 456 g/mol. The smallest absolute Gasteiger partial charge is 0.255 e. The molecule has 2 unspecified atom stereocenters. The van der Waals surface area contributed by atoms with Crippen LogP contribution in [0.3, 0.4) is 0 Å². The molecule has 1 fully saturated rings. The van der Waals surface area contributed by atoms with Gasteiger partial charge in [0.1, 0.15) is 17.1 Å². The third kappa shape index (κ3) is 4.67. The Morgan fingerprint density at radius 3 is 2.75 bits per heavy atom. The third-order valence-electron chi connectivity index (χ3n) is 7.02. The first-order valence-corrected chi connectivity index (χ1v) is 12.5. The first-order valence-electron chi connectivity index (χ1n) is 12.5. The number of hydrogen-bond acceptors (Lipinski definition) is 5. The number of unbranched alkanes of at least 4 members (excludes halogenated alkanes) is 1. The van der Waals surface area contributed by atoms with Crippen LogP contribution in [0, 0.1) is 25.2 Å². The van der Waals surface area contributed by atoms with Gasteiger partial charge in [-0.15, -0.1) is 0 Å². The highest BCUT2D eigenvalue weighted by Gasteiger charge is 2.37. The predicted molar refractivity (Wildman–Crippen MR) is 141 cm³/mol. The Balaban J connectivity index is 1.57. The summed E-state index contributed by atoms with van der Waals surface area (Å²) in [6.45, 7) is 11.3. The quantitative estimate of drug-likeness (QED) is 0.210. The number of rotatable bonds is 9. The molecule has 2 amide bonds. The topological polar surface area (TPSA) is 111 Å². The van der Waals surface area contributed by atoms with Gasteiger partial charge in [0, 0.05) is 49.1 Å². The lowest BCUT2D eigenvalue weighted by Crippen LogP contribution is -2.55. The number of carbonyl (C=O) groups excluding carboxylic acids is 2. The third-order valence-corrected chi connectivity index (χ3v) is 7.02. The maximum Gasteiger partial charge on any atom is 0.255 e. The molecule has 36 heavy (non-hydrogen) atoms. The molecule has 8 nitrogen and oxygen atoms in total. The van der Waals surface area contributed by atoms with Crippen LogP contribution in [0.15, 0.2) is 34.9 Å². The Morgan fingerprint density at radius 2 is 2.08 bits per heavy atom. The van der Waals surface area contributed by atoms with Crippen LogP contribution in [0.5, 0.6) is 5.75 Å². The van der Waals surface area contributed by atoms with Gasteiger partial charge in [0.25, 0.3) is 11.8 Å². The number of fused-ring (bicyclic) bond motifs is 1. The number of carbonyl (C=O) groups is 2. The van der Waals surface area contributed by atoms with Gasteiger partial charge in [0.2, 0.25) is 0 Å². The Hall–Kier alpha value is -3.81. The lowest BCUT2D eigenvalue weighted by molar-refractivity contribution is 0.0269. The number of aromatic amines is 1. The summed E-state index contributed by atoms with van der Waals surface area (Å²) in [6.07, 6.45) is 6.30. The van der Waals surface area contributed by atoms with Crippen LogP contribution in [0.4, 0.5) is 0 Å². The highest BCUT2D eigenvalue weighted by atomic mass is 16.5. The number of hydrogen-bond donors (Lipinski definition) is 3. The minimum atomic E-state index is -0.150. The van der Waals surface area contributed by atoms with Crippen LogP contribution in [-0.4, -0.2) is 47.0 Å². The molecule has 0 saturated carbocycles. The number of benzene rings is 1. The number of H-pyrrole nitrogens is 1. The zero-order valence-electron chi connectivity index (χ0n) is 21.5. The van der Waals surface area contributed by atoms with Crippen LogP contribution >= 0.6 is 0 Å². The van der Waals surface area contributed by atoms with Crippen molar-refractivity contribution < 1.29 is 18.7 Å². The zero-order valence-corrected chi connectivity index (χ0v) is 21.5. The first-order chi connectivity index (χ1) is 17.3. The summed E-state index contributed by atoms with van der Waals surface area (Å²) < 4.78 is 12.0. The van der Waals surface area contributed by atoms with Crippen molar-refractivity contribution in [2.75, 3.05) is 13.1 Å². The van der Waals surface area contributed by atoms with Crippen molar-refractivity contribution in [1.82, 2.24) is 15.2 Å². The molecule has 3 N–H and O–H groups in total. The monoisotopic (exact) mass is 490 g/mol. The standard InChI is InChI=1S/C28H34N4O4/c1-6-7-12-30-27(33)25-19(5)35-24-13-20(8-9-21(24)25)36-23(10-11-29)26-17(3)22(14-31-26)28(34)32-15-16(2)18(32)4/h8-11,13-14,16,18,29,31H,6-7,12,15H2,1-5H3,(H,30,33)/b23-10+,29-11?. The van der Waals surface area contributed by atoms with Crippen molar-refractivity contribution >= 4 is 34.8 Å². The minimum Gasteiger partial charge on any atom is -0.460 e. The summed E-state index contributed by atoms with van der Waals surface area (Å²) in [4.78, 5) is 30.7. The van der Waals surface area contributed by atoms with E-state index in [1.807, 2.05) is 11.8 Å². The first kappa shape index (κ1) is 25.3. The fourth-order valence-electron chi connectivity index (χ4n) is 4.58. The molecule has 2 atom stereocenters. The second-order valence-corrected chi connectivity index (χ2v) is 9.48. The molecule has 3 aromatic rings. The van der Waals surface area contributed by atoms with Crippen molar-refractivity contribution in [2.24, 2.45) is 5.92 Å². The van der Waals surface area contributed by atoms with E-state index in [4.69, 9.17) is 14.6 Å². The number of furan rings is 1. The molecule has 8 heteroatoms. The van der Waals surface area contributed by atoms with Gasteiger partial charge in [-0.1, -0.05) is 20.3 Å². The normalized spacial score (nSPS) is 17.7. The number of nitrogens with one attached hydrogen (secondary N) is 3. The molecule has 2 aromatic heterocycles. The Bertz CT molecular complexity index is 1330. The number of aryl methyl sites for hydroxylation is 1. The SMILES string of the molecule is CCCCNC(=O)c1c(C)oc2cc(O/C(=C/C=N)c3[nH]cc(C(=O)N4CC(C)C4C)c3C)ccc12. The van der Waals surface area contributed by atoms with Gasteiger partial charge in [0.15, 0.2) is 5.76 Å². The van der Waals surface area contributed by atoms with Gasteiger partial charge in [0.05, 0.1) is 16.8 Å². The minimum absolute atomic E-state index is 0.00738. The fourth-order valence-corrected chi connectivity index (χ4v) is 4.58. The van der Waals surface area contributed by atoms with Gasteiger partial charge in [-0.05, 0) is 50.8 Å². The lowest BCUT2D eigenvalue weighted by Gasteiger charge is -2.44. The number of allylic oxidation sites excluding steroid dienone is 1. The van der Waals surface area contributed by atoms with E-state index in [-0.39, 0.29) is 17.9 Å². The summed E-state index contributed by atoms with van der Waals surface area (Å²) in [7, 11) is 0. The summed E-state index contributed by atoms with van der Waals surface area (Å²) in [6, 6.07) is 5.52. The van der Waals surface area contributed by atoms with E-state index in [2.05, 4.69) is 31.1 Å². The van der Waals surface area contributed by atoms with Crippen molar-refractivity contribution in [2.45, 2.75) is 53.5 Å². The predicted octanol–water partition coefficient (Wildman–Crippen LogP) is 5.46. The summed E-state index contributed by atoms with van der Waals surface area (Å²) in [5.41, 5.74) is 3.07. The summed E-state index contributed by atoms with van der Waals surface area (Å²) in [5, 5.41) is 11.3. The number of aromatic nitrogens is 1. The van der Waals surface area contributed by atoms with Crippen molar-refractivity contribution in [3.05, 3.63) is 58.6 Å². The number of likely N-dealkylation sites (tertiary alicyclic amines) is 1. The van der Waals surface area contributed by atoms with Gasteiger partial charge in [-0.3, -0.25) is 9.59 Å². The van der Waals surface area contributed by atoms with E-state index in [0.717, 1.165) is 31.2 Å². The van der Waals surface area contributed by atoms with Gasteiger partial charge in [-0.2, -0.15) is 0 Å². The second-order valence-electron chi connectivity index (χ2n) is 9.48. The molecule has 0 aliphatic carbocycles. The molecule has 0 radical (unpaired) electrons. The lowest BCUT2D eigenvalue weighted by atomic mass is 9.91. The van der Waals surface area contributed by atoms with Crippen LogP contribution in [0.1, 0.15) is 71.3 Å². The molecule has 1 aliphatic rings. The van der Waals surface area contributed by atoms with Crippen LogP contribution in [0.25, 0.3) is 16.7 Å². The maximum atomic E-state index is 13.0. The molecule has 3 heterocycles. The Kier molecular flexibility index (Phi) is 7.33. The van der Waals surface area contributed by atoms with Gasteiger partial charge >= 0.3 is 0 Å². The van der Waals surface area contributed by atoms with Gasteiger partial charge in [-0.25, -0.2) is 0 Å². The van der Waals surface area contributed by atoms with E-state index < -0.39 is 0 Å². The van der Waals surface area contributed by atoms with E-state index in [1.165, 1.54) is 6.08 Å². The van der Waals surface area contributed by atoms with E-state index in [1.54, 1.807) is 31.3 Å². The van der Waals surface area contributed by atoms with Crippen LogP contribution in [0.2, 0.25) is 0 Å². The van der Waals surface area contributed by atoms with E-state index >= 15 is 0 Å². The summed E-state index contributed by atoms with van der Waals surface area (Å²) >= 11 is 0. The van der Waals surface area contributed by atoms with E-state index in [9.17, 15) is 9.59 Å². The molecule has 0 bridgehead atoms. The molecular formula is C28H34N4O4. The highest BCUT2D eigenvalue weighted by molar-refractivity contribution is 6.07. The van der Waals surface area contributed by atoms with E-state index in [0.29, 0.717) is 57.5 Å². The average molecular weight is 491 g/mol. The number of nitrogens with zero attached hydrogens (tertiary/aromatic N) is 1. The molecule has 0 spiro atoms. The average Bonchev–Trinajstić information content (AvgIpc) is 3.40. The van der Waals surface area contributed by atoms with Crippen molar-refractivity contribution in [1.29, 1.82) is 5.41 Å². The Morgan fingerprint density at radius 1 is 1.31 bits per heavy atom. The number of amides is 2. The highest BCUT2D eigenvalue weighted by Crippen LogP contribution is 2.32. The second kappa shape index (κ2) is 10.4. The van der Waals surface area contributed by atoms with Crippen molar-refractivity contribution in [3.63, 3.8) is 0 Å². The largest absolute Gasteiger partial charge is 0.460 e. The zero-order chi connectivity index (χ0) is 26.0.